The van der Waals surface area contributed by atoms with Crippen LogP contribution >= 0.6 is 11.7 Å². The molecular formula is C17H17N3O3S2. The normalized spacial score (nSPS) is 11.5. The van der Waals surface area contributed by atoms with E-state index in [0.717, 1.165) is 17.3 Å². The summed E-state index contributed by atoms with van der Waals surface area (Å²) in [6.07, 6.45) is 0.633. The van der Waals surface area contributed by atoms with Gasteiger partial charge in [0.25, 0.3) is 0 Å². The van der Waals surface area contributed by atoms with Gasteiger partial charge in [0.05, 0.1) is 22.4 Å². The molecule has 3 rings (SSSR count). The average Bonchev–Trinajstić information content (AvgIpc) is 3.09. The molecule has 1 N–H and O–H groups in total. The Kier molecular flexibility index (Phi) is 5.40. The summed E-state index contributed by atoms with van der Waals surface area (Å²) in [7, 11) is -3.59. The number of carbonyl (C=O) groups is 1. The van der Waals surface area contributed by atoms with E-state index < -0.39 is 9.84 Å². The Labute approximate surface area is 150 Å². The number of carbonyl (C=O) groups excluding carboxylic acids is 1. The fraction of sp³-hybridized carbons (Fsp3) is 0.235. The number of fused-ring (bicyclic) bond motifs is 1. The molecule has 1 amide bonds. The quantitative estimate of drug-likeness (QED) is 0.684. The molecule has 1 aromatic heterocycles. The number of nitrogens with zero attached hydrogens (tertiary/aromatic N) is 2. The van der Waals surface area contributed by atoms with Crippen molar-refractivity contribution in [1.29, 1.82) is 0 Å². The molecule has 0 saturated heterocycles. The van der Waals surface area contributed by atoms with Gasteiger partial charge < -0.3 is 5.32 Å². The topological polar surface area (TPSA) is 89.0 Å². The number of aromatic nitrogens is 2. The molecule has 6 nitrogen and oxygen atoms in total. The molecule has 2 aromatic carbocycles. The third-order valence-corrected chi connectivity index (χ3v) is 6.04. The molecule has 0 spiro atoms. The van der Waals surface area contributed by atoms with Gasteiger partial charge in [0.1, 0.15) is 11.0 Å². The Hall–Kier alpha value is -2.32. The molecule has 0 aliphatic carbocycles. The minimum absolute atomic E-state index is 0.0783. The fourth-order valence-electron chi connectivity index (χ4n) is 2.45. The van der Waals surface area contributed by atoms with E-state index in [1.807, 2.05) is 30.3 Å². The first kappa shape index (κ1) is 17.5. The van der Waals surface area contributed by atoms with Gasteiger partial charge in [0.15, 0.2) is 9.84 Å². The van der Waals surface area contributed by atoms with Crippen molar-refractivity contribution in [3.05, 3.63) is 54.1 Å². The van der Waals surface area contributed by atoms with Crippen molar-refractivity contribution in [2.45, 2.75) is 17.7 Å². The summed E-state index contributed by atoms with van der Waals surface area (Å²) < 4.78 is 33.1. The summed E-state index contributed by atoms with van der Waals surface area (Å²) in [5, 5.41) is 2.76. The molecule has 0 atom stereocenters. The van der Waals surface area contributed by atoms with E-state index in [4.69, 9.17) is 0 Å². The molecule has 1 heterocycles. The number of sulfone groups is 1. The van der Waals surface area contributed by atoms with Crippen LogP contribution in [0.3, 0.4) is 0 Å². The molecule has 0 aliphatic rings. The van der Waals surface area contributed by atoms with E-state index >= 15 is 0 Å². The minimum atomic E-state index is -3.59. The van der Waals surface area contributed by atoms with Crippen LogP contribution in [0.4, 0.5) is 0 Å². The van der Waals surface area contributed by atoms with E-state index in [9.17, 15) is 13.2 Å². The zero-order valence-corrected chi connectivity index (χ0v) is 15.0. The summed E-state index contributed by atoms with van der Waals surface area (Å²) in [5.41, 5.74) is 2.05. The molecular weight excluding hydrogens is 358 g/mol. The zero-order valence-electron chi connectivity index (χ0n) is 13.4. The van der Waals surface area contributed by atoms with Crippen molar-refractivity contribution in [3.8, 4) is 0 Å². The molecule has 0 fully saturated rings. The molecule has 25 heavy (non-hydrogen) atoms. The maximum Gasteiger partial charge on any atom is 0.221 e. The Morgan fingerprint density at radius 3 is 2.64 bits per heavy atom. The highest BCUT2D eigenvalue weighted by molar-refractivity contribution is 7.91. The van der Waals surface area contributed by atoms with Gasteiger partial charge in [0, 0.05) is 13.0 Å². The van der Waals surface area contributed by atoms with Crippen molar-refractivity contribution >= 4 is 38.5 Å². The van der Waals surface area contributed by atoms with Gasteiger partial charge in [-0.2, -0.15) is 8.75 Å². The number of benzene rings is 2. The van der Waals surface area contributed by atoms with Crippen molar-refractivity contribution in [1.82, 2.24) is 14.1 Å². The van der Waals surface area contributed by atoms with E-state index in [2.05, 4.69) is 14.1 Å². The Bertz CT molecular complexity index is 969. The summed E-state index contributed by atoms with van der Waals surface area (Å²) in [5.74, 6) is -0.524. The van der Waals surface area contributed by atoms with Crippen molar-refractivity contribution in [2.75, 3.05) is 12.3 Å². The summed E-state index contributed by atoms with van der Waals surface area (Å²) in [6, 6.07) is 14.6. The minimum Gasteiger partial charge on any atom is -0.356 e. The predicted molar refractivity (Wildman–Crippen MR) is 97.2 cm³/mol. The second-order valence-corrected chi connectivity index (χ2v) is 8.15. The lowest BCUT2D eigenvalue weighted by Crippen LogP contribution is -2.27. The smallest absolute Gasteiger partial charge is 0.221 e. The van der Waals surface area contributed by atoms with Crippen LogP contribution in [0.5, 0.6) is 0 Å². The number of amides is 1. The van der Waals surface area contributed by atoms with Gasteiger partial charge in [-0.3, -0.25) is 4.79 Å². The van der Waals surface area contributed by atoms with Crippen LogP contribution in [0.15, 0.2) is 53.4 Å². The Balaban J connectivity index is 1.55. The lowest BCUT2D eigenvalue weighted by molar-refractivity contribution is -0.120. The van der Waals surface area contributed by atoms with Crippen LogP contribution in [0, 0.1) is 0 Å². The lowest BCUT2D eigenvalue weighted by atomic mass is 10.1. The Morgan fingerprint density at radius 2 is 1.84 bits per heavy atom. The van der Waals surface area contributed by atoms with E-state index in [1.54, 1.807) is 12.1 Å². The highest BCUT2D eigenvalue weighted by Crippen LogP contribution is 2.22. The van der Waals surface area contributed by atoms with Crippen molar-refractivity contribution < 1.29 is 13.2 Å². The number of hydrogen-bond acceptors (Lipinski definition) is 6. The fourth-order valence-corrected chi connectivity index (χ4v) is 4.46. The molecule has 0 saturated carbocycles. The molecule has 0 radical (unpaired) electrons. The van der Waals surface area contributed by atoms with Crippen LogP contribution in [0.25, 0.3) is 11.0 Å². The van der Waals surface area contributed by atoms with Gasteiger partial charge in [-0.1, -0.05) is 36.4 Å². The number of rotatable bonds is 7. The maximum atomic E-state index is 12.5. The third-order valence-electron chi connectivity index (χ3n) is 3.76. The monoisotopic (exact) mass is 375 g/mol. The highest BCUT2D eigenvalue weighted by Gasteiger charge is 2.20. The standard InChI is InChI=1S/C17H17N3O3S2/c21-16(18-11-9-13-5-2-1-3-6-13)10-12-25(22,23)15-8-4-7-14-17(15)20-24-19-14/h1-8H,9-12H2,(H,18,21). The number of hydrogen-bond donors (Lipinski definition) is 1. The van der Waals surface area contributed by atoms with E-state index in [-0.39, 0.29) is 23.0 Å². The zero-order chi connectivity index (χ0) is 17.7. The molecule has 3 aromatic rings. The van der Waals surface area contributed by atoms with Crippen LogP contribution < -0.4 is 5.32 Å². The van der Waals surface area contributed by atoms with Gasteiger partial charge in [-0.15, -0.1) is 0 Å². The van der Waals surface area contributed by atoms with Crippen molar-refractivity contribution in [3.63, 3.8) is 0 Å². The van der Waals surface area contributed by atoms with Crippen LogP contribution in [-0.4, -0.2) is 35.4 Å². The first-order valence-corrected chi connectivity index (χ1v) is 10.2. The van der Waals surface area contributed by atoms with Crippen LogP contribution in [0.1, 0.15) is 12.0 Å². The SMILES string of the molecule is O=C(CCS(=O)(=O)c1cccc2nsnc12)NCCc1ccccc1. The van der Waals surface area contributed by atoms with E-state index in [0.29, 0.717) is 24.0 Å². The van der Waals surface area contributed by atoms with Crippen LogP contribution in [-0.2, 0) is 21.1 Å². The molecule has 0 aliphatic heterocycles. The highest BCUT2D eigenvalue weighted by atomic mass is 32.2. The number of nitrogens with one attached hydrogen (secondary N) is 1. The van der Waals surface area contributed by atoms with Gasteiger partial charge in [-0.25, -0.2) is 8.42 Å². The second kappa shape index (κ2) is 7.71. The van der Waals surface area contributed by atoms with Crippen molar-refractivity contribution in [2.24, 2.45) is 0 Å². The largest absolute Gasteiger partial charge is 0.356 e. The molecule has 0 unspecified atom stereocenters. The van der Waals surface area contributed by atoms with Gasteiger partial charge in [0.2, 0.25) is 5.91 Å². The molecule has 130 valence electrons. The van der Waals surface area contributed by atoms with Gasteiger partial charge in [-0.05, 0) is 24.1 Å². The third kappa shape index (κ3) is 4.40. The van der Waals surface area contributed by atoms with Crippen LogP contribution in [0.2, 0.25) is 0 Å². The predicted octanol–water partition coefficient (Wildman–Crippen LogP) is 2.21. The van der Waals surface area contributed by atoms with E-state index in [1.165, 1.54) is 6.07 Å². The summed E-state index contributed by atoms with van der Waals surface area (Å²) in [4.78, 5) is 12.1. The first-order valence-electron chi connectivity index (χ1n) is 7.81. The van der Waals surface area contributed by atoms with Gasteiger partial charge >= 0.3 is 0 Å². The first-order chi connectivity index (χ1) is 12.1. The molecule has 0 bridgehead atoms. The average molecular weight is 375 g/mol. The summed E-state index contributed by atoms with van der Waals surface area (Å²) in [6.45, 7) is 0.481. The lowest BCUT2D eigenvalue weighted by Gasteiger charge is -2.07. The summed E-state index contributed by atoms with van der Waals surface area (Å²) >= 11 is 0.973. The second-order valence-electron chi connectivity index (χ2n) is 5.54. The Morgan fingerprint density at radius 1 is 1.04 bits per heavy atom. The molecule has 8 heteroatoms. The maximum absolute atomic E-state index is 12.5.